The van der Waals surface area contributed by atoms with Crippen LogP contribution in [0.1, 0.15) is 24.0 Å². The van der Waals surface area contributed by atoms with Crippen molar-refractivity contribution in [2.75, 3.05) is 13.2 Å². The van der Waals surface area contributed by atoms with E-state index in [9.17, 15) is 14.4 Å². The van der Waals surface area contributed by atoms with Gasteiger partial charge in [-0.25, -0.2) is 9.59 Å². The van der Waals surface area contributed by atoms with Gasteiger partial charge in [0.2, 0.25) is 6.10 Å². The molecular formula is C22H19NO7. The molecule has 8 heteroatoms. The number of carbonyl (C=O) groups excluding carboxylic acids is 2. The monoisotopic (exact) mass is 409 g/mol. The summed E-state index contributed by atoms with van der Waals surface area (Å²) >= 11 is 0. The SMILES string of the molecule is CCOC(=O)[C@@H]1Oc2c(c(=O)oc3ccccc23)[C@H]1c1ccc(OCC(N)=O)cc1. The minimum absolute atomic E-state index is 0.178. The van der Waals surface area contributed by atoms with Crippen LogP contribution < -0.4 is 20.8 Å². The molecule has 1 amide bonds. The van der Waals surface area contributed by atoms with Crippen LogP contribution in [0.2, 0.25) is 0 Å². The van der Waals surface area contributed by atoms with Crippen molar-refractivity contribution in [1.82, 2.24) is 0 Å². The van der Waals surface area contributed by atoms with Crippen molar-refractivity contribution in [1.29, 1.82) is 0 Å². The van der Waals surface area contributed by atoms with E-state index in [1.165, 1.54) is 0 Å². The third-order valence-electron chi connectivity index (χ3n) is 4.80. The summed E-state index contributed by atoms with van der Waals surface area (Å²) < 4.78 is 21.9. The lowest BCUT2D eigenvalue weighted by molar-refractivity contribution is -0.151. The Hall–Kier alpha value is -3.81. The Kier molecular flexibility index (Phi) is 5.14. The Morgan fingerprint density at radius 3 is 2.53 bits per heavy atom. The van der Waals surface area contributed by atoms with Crippen LogP contribution in [0.4, 0.5) is 0 Å². The van der Waals surface area contributed by atoms with Gasteiger partial charge < -0.3 is 24.4 Å². The van der Waals surface area contributed by atoms with Gasteiger partial charge in [-0.2, -0.15) is 0 Å². The van der Waals surface area contributed by atoms with E-state index in [1.807, 2.05) is 0 Å². The van der Waals surface area contributed by atoms with Gasteiger partial charge in [-0.05, 0) is 36.8 Å². The molecule has 2 N–H and O–H groups in total. The van der Waals surface area contributed by atoms with E-state index in [1.54, 1.807) is 55.5 Å². The Morgan fingerprint density at radius 2 is 1.83 bits per heavy atom. The number of amides is 1. The maximum Gasteiger partial charge on any atom is 0.348 e. The summed E-state index contributed by atoms with van der Waals surface area (Å²) in [5.74, 6) is -1.14. The number of benzene rings is 2. The first-order valence-electron chi connectivity index (χ1n) is 9.39. The first kappa shape index (κ1) is 19.5. The molecule has 4 rings (SSSR count). The number of hydrogen-bond acceptors (Lipinski definition) is 7. The zero-order valence-electron chi connectivity index (χ0n) is 16.1. The summed E-state index contributed by atoms with van der Waals surface area (Å²) in [6.45, 7) is 1.62. The van der Waals surface area contributed by atoms with Gasteiger partial charge in [0, 0.05) is 0 Å². The molecule has 0 radical (unpaired) electrons. The van der Waals surface area contributed by atoms with Crippen LogP contribution in [0.15, 0.2) is 57.7 Å². The largest absolute Gasteiger partial charge is 0.484 e. The molecule has 0 bridgehead atoms. The predicted molar refractivity (Wildman–Crippen MR) is 107 cm³/mol. The van der Waals surface area contributed by atoms with Gasteiger partial charge in [-0.3, -0.25) is 4.79 Å². The number of fused-ring (bicyclic) bond motifs is 3. The second-order valence-electron chi connectivity index (χ2n) is 6.72. The Labute approximate surface area is 171 Å². The normalized spacial score (nSPS) is 17.2. The van der Waals surface area contributed by atoms with E-state index in [2.05, 4.69) is 0 Å². The molecule has 0 unspecified atom stereocenters. The number of carbonyl (C=O) groups is 2. The fraction of sp³-hybridized carbons (Fsp3) is 0.227. The molecule has 2 aromatic carbocycles. The molecule has 0 fully saturated rings. The fourth-order valence-corrected chi connectivity index (χ4v) is 3.55. The van der Waals surface area contributed by atoms with Crippen molar-refractivity contribution < 1.29 is 28.2 Å². The molecule has 0 aliphatic carbocycles. The molecular weight excluding hydrogens is 390 g/mol. The number of nitrogens with two attached hydrogens (primary N) is 1. The number of rotatable bonds is 6. The molecule has 0 saturated carbocycles. The first-order chi connectivity index (χ1) is 14.5. The highest BCUT2D eigenvalue weighted by molar-refractivity contribution is 5.88. The second kappa shape index (κ2) is 7.90. The summed E-state index contributed by atoms with van der Waals surface area (Å²) in [4.78, 5) is 36.3. The highest BCUT2D eigenvalue weighted by Crippen LogP contribution is 2.44. The molecule has 1 aliphatic rings. The minimum atomic E-state index is -1.04. The van der Waals surface area contributed by atoms with Crippen molar-refractivity contribution in [2.24, 2.45) is 5.73 Å². The number of primary amides is 1. The Balaban J connectivity index is 1.80. The molecule has 154 valence electrons. The molecule has 1 aromatic heterocycles. The number of para-hydroxylation sites is 1. The molecule has 0 spiro atoms. The lowest BCUT2D eigenvalue weighted by Crippen LogP contribution is -2.32. The Morgan fingerprint density at radius 1 is 1.10 bits per heavy atom. The standard InChI is InChI=1S/C22H19NO7/c1-2-27-22(26)20-17(12-7-9-13(10-8-12)28-11-16(23)24)18-19(30-20)14-5-3-4-6-15(14)29-21(18)25/h3-10,17,20H,2,11H2,1H3,(H2,23,24)/t17-,20-/m1/s1. The van der Waals surface area contributed by atoms with Gasteiger partial charge in [0.05, 0.1) is 23.5 Å². The van der Waals surface area contributed by atoms with Crippen molar-refractivity contribution in [3.05, 3.63) is 70.1 Å². The van der Waals surface area contributed by atoms with E-state index >= 15 is 0 Å². The first-order valence-corrected chi connectivity index (χ1v) is 9.39. The summed E-state index contributed by atoms with van der Waals surface area (Å²) in [5.41, 5.74) is 5.79. The van der Waals surface area contributed by atoms with Crippen LogP contribution in [0.5, 0.6) is 11.5 Å². The fourth-order valence-electron chi connectivity index (χ4n) is 3.55. The molecule has 30 heavy (non-hydrogen) atoms. The van der Waals surface area contributed by atoms with Gasteiger partial charge in [0.15, 0.2) is 6.61 Å². The molecule has 1 aliphatic heterocycles. The van der Waals surface area contributed by atoms with Crippen molar-refractivity contribution >= 4 is 22.8 Å². The van der Waals surface area contributed by atoms with Crippen LogP contribution in [-0.4, -0.2) is 31.2 Å². The summed E-state index contributed by atoms with van der Waals surface area (Å²) in [7, 11) is 0. The number of esters is 1. The summed E-state index contributed by atoms with van der Waals surface area (Å²) in [6.07, 6.45) is -1.04. The lowest BCUT2D eigenvalue weighted by Gasteiger charge is -2.17. The van der Waals surface area contributed by atoms with E-state index in [0.29, 0.717) is 28.0 Å². The number of hydrogen-bond donors (Lipinski definition) is 1. The van der Waals surface area contributed by atoms with Crippen LogP contribution in [0.25, 0.3) is 11.0 Å². The molecule has 2 atom stereocenters. The van der Waals surface area contributed by atoms with Gasteiger partial charge >= 0.3 is 11.6 Å². The quantitative estimate of drug-likeness (QED) is 0.489. The van der Waals surface area contributed by atoms with Crippen LogP contribution in [0, 0.1) is 0 Å². The maximum absolute atomic E-state index is 12.8. The smallest absolute Gasteiger partial charge is 0.348 e. The van der Waals surface area contributed by atoms with Gasteiger partial charge in [-0.15, -0.1) is 0 Å². The van der Waals surface area contributed by atoms with Gasteiger partial charge in [0.1, 0.15) is 17.1 Å². The van der Waals surface area contributed by atoms with Crippen LogP contribution in [0.3, 0.4) is 0 Å². The van der Waals surface area contributed by atoms with E-state index in [0.717, 1.165) is 0 Å². The predicted octanol–water partition coefficient (Wildman–Crippen LogP) is 2.11. The van der Waals surface area contributed by atoms with Crippen molar-refractivity contribution in [2.45, 2.75) is 18.9 Å². The van der Waals surface area contributed by atoms with Gasteiger partial charge in [-0.1, -0.05) is 24.3 Å². The van der Waals surface area contributed by atoms with Crippen molar-refractivity contribution in [3.63, 3.8) is 0 Å². The van der Waals surface area contributed by atoms with Crippen LogP contribution >= 0.6 is 0 Å². The molecule has 8 nitrogen and oxygen atoms in total. The molecule has 2 heterocycles. The Bertz CT molecular complexity index is 1170. The van der Waals surface area contributed by atoms with E-state index < -0.39 is 29.5 Å². The second-order valence-corrected chi connectivity index (χ2v) is 6.72. The number of ether oxygens (including phenoxy) is 3. The lowest BCUT2D eigenvalue weighted by atomic mass is 9.88. The maximum atomic E-state index is 12.8. The third-order valence-corrected chi connectivity index (χ3v) is 4.80. The zero-order chi connectivity index (χ0) is 21.3. The van der Waals surface area contributed by atoms with Crippen molar-refractivity contribution in [3.8, 4) is 11.5 Å². The highest BCUT2D eigenvalue weighted by atomic mass is 16.6. The average Bonchev–Trinajstić information content (AvgIpc) is 3.14. The zero-order valence-corrected chi connectivity index (χ0v) is 16.1. The molecule has 3 aromatic rings. The minimum Gasteiger partial charge on any atom is -0.484 e. The summed E-state index contributed by atoms with van der Waals surface area (Å²) in [6, 6.07) is 13.6. The molecule has 0 saturated heterocycles. The third kappa shape index (κ3) is 3.47. The van der Waals surface area contributed by atoms with Gasteiger partial charge in [0.25, 0.3) is 5.91 Å². The van der Waals surface area contributed by atoms with E-state index in [4.69, 9.17) is 24.4 Å². The van der Waals surface area contributed by atoms with Crippen LogP contribution in [-0.2, 0) is 14.3 Å². The topological polar surface area (TPSA) is 118 Å². The highest BCUT2D eigenvalue weighted by Gasteiger charge is 2.45. The van der Waals surface area contributed by atoms with E-state index in [-0.39, 0.29) is 18.8 Å². The summed E-state index contributed by atoms with van der Waals surface area (Å²) in [5, 5.41) is 0.602. The average molecular weight is 409 g/mol.